The summed E-state index contributed by atoms with van der Waals surface area (Å²) in [6.45, 7) is 1.20. The van der Waals surface area contributed by atoms with E-state index in [0.29, 0.717) is 19.5 Å². The van der Waals surface area contributed by atoms with Gasteiger partial charge in [-0.2, -0.15) is 0 Å². The summed E-state index contributed by atoms with van der Waals surface area (Å²) >= 11 is 1.52. The van der Waals surface area contributed by atoms with E-state index >= 15 is 0 Å². The van der Waals surface area contributed by atoms with Gasteiger partial charge in [0.05, 0.1) is 24.3 Å². The van der Waals surface area contributed by atoms with Crippen molar-refractivity contribution in [2.75, 3.05) is 39.2 Å². The maximum atomic E-state index is 13.4. The number of anilines is 1. The van der Waals surface area contributed by atoms with Crippen LogP contribution >= 0.6 is 11.8 Å². The van der Waals surface area contributed by atoms with Crippen LogP contribution in [-0.2, 0) is 11.2 Å². The Morgan fingerprint density at radius 3 is 2.59 bits per heavy atom. The first-order chi connectivity index (χ1) is 15.5. The van der Waals surface area contributed by atoms with Crippen molar-refractivity contribution in [3.8, 4) is 5.75 Å². The van der Waals surface area contributed by atoms with Crippen LogP contribution in [0.4, 0.5) is 5.69 Å². The number of aliphatic hydroxyl groups excluding tert-OH is 1. The molecule has 1 amide bonds. The molecule has 6 nitrogen and oxygen atoms in total. The van der Waals surface area contributed by atoms with Crippen LogP contribution in [-0.4, -0.2) is 56.3 Å². The summed E-state index contributed by atoms with van der Waals surface area (Å²) in [5, 5.41) is 10.7. The van der Waals surface area contributed by atoms with E-state index in [1.54, 1.807) is 18.3 Å². The van der Waals surface area contributed by atoms with Gasteiger partial charge in [-0.15, -0.1) is 11.8 Å². The van der Waals surface area contributed by atoms with Gasteiger partial charge in [-0.05, 0) is 61.6 Å². The van der Waals surface area contributed by atoms with Crippen molar-refractivity contribution in [3.63, 3.8) is 0 Å². The lowest BCUT2D eigenvalue weighted by Crippen LogP contribution is -2.43. The fraction of sp³-hybridized carbons (Fsp3) is 0.320. The Hall–Kier alpha value is -2.74. The number of aliphatic hydroxyl groups is 1. The summed E-state index contributed by atoms with van der Waals surface area (Å²) < 4.78 is 10.8. The van der Waals surface area contributed by atoms with Gasteiger partial charge in [0.25, 0.3) is 5.91 Å². The predicted octanol–water partition coefficient (Wildman–Crippen LogP) is 3.98. The molecule has 0 radical (unpaired) electrons. The second kappa shape index (κ2) is 9.81. The van der Waals surface area contributed by atoms with Gasteiger partial charge in [0.15, 0.2) is 0 Å². The highest BCUT2D eigenvalue weighted by molar-refractivity contribution is 7.99. The first kappa shape index (κ1) is 22.5. The Morgan fingerprint density at radius 2 is 1.94 bits per heavy atom. The van der Waals surface area contributed by atoms with Gasteiger partial charge in [-0.3, -0.25) is 4.79 Å². The molecule has 1 aromatic heterocycles. The van der Waals surface area contributed by atoms with Gasteiger partial charge >= 0.3 is 0 Å². The normalized spacial score (nSPS) is 18.5. The molecule has 0 aliphatic carbocycles. The smallest absolute Gasteiger partial charge is 0.257 e. The number of hydrogen-bond acceptors (Lipinski definition) is 6. The number of ether oxygens (including phenoxy) is 1. The Bertz CT molecular complexity index is 1050. The van der Waals surface area contributed by atoms with Crippen LogP contribution in [0.3, 0.4) is 0 Å². The van der Waals surface area contributed by atoms with E-state index < -0.39 is 11.4 Å². The number of rotatable bonds is 7. The molecule has 32 heavy (non-hydrogen) atoms. The van der Waals surface area contributed by atoms with E-state index in [0.717, 1.165) is 33.2 Å². The molecule has 1 N–H and O–H groups in total. The highest BCUT2D eigenvalue weighted by Gasteiger charge is 2.37. The Kier molecular flexibility index (Phi) is 6.89. The molecule has 1 aliphatic heterocycles. The fourth-order valence-electron chi connectivity index (χ4n) is 3.78. The molecule has 2 unspecified atom stereocenters. The number of methoxy groups -OCH3 is 1. The van der Waals surface area contributed by atoms with E-state index in [1.165, 1.54) is 11.8 Å². The summed E-state index contributed by atoms with van der Waals surface area (Å²) in [6.07, 6.45) is 1.18. The quantitative estimate of drug-likeness (QED) is 0.585. The molecule has 1 aliphatic rings. The monoisotopic (exact) mass is 452 g/mol. The SMILES string of the molecule is COc1ccc(C2Sc3cc(Cc4ccco4)ccc3N(CCN(C)C)C(=O)C2O)cc1. The number of thioether (sulfide) groups is 1. The molecular weight excluding hydrogens is 424 g/mol. The summed E-state index contributed by atoms with van der Waals surface area (Å²) in [6, 6.07) is 17.5. The summed E-state index contributed by atoms with van der Waals surface area (Å²) in [4.78, 5) is 18.1. The third-order valence-electron chi connectivity index (χ3n) is 5.55. The van der Waals surface area contributed by atoms with Crippen LogP contribution in [0.2, 0.25) is 0 Å². The fourth-order valence-corrected chi connectivity index (χ4v) is 5.11. The molecule has 3 aromatic rings. The van der Waals surface area contributed by atoms with Crippen LogP contribution in [0.1, 0.15) is 22.1 Å². The van der Waals surface area contributed by atoms with Crippen LogP contribution in [0, 0.1) is 0 Å². The second-order valence-corrected chi connectivity index (χ2v) is 9.29. The maximum absolute atomic E-state index is 13.4. The number of nitrogens with zero attached hydrogens (tertiary/aromatic N) is 2. The second-order valence-electron chi connectivity index (χ2n) is 8.11. The molecule has 2 atom stereocenters. The van der Waals surface area contributed by atoms with E-state index in [2.05, 4.69) is 6.07 Å². The Labute approximate surface area is 192 Å². The number of carbonyl (C=O) groups excluding carboxylic acids is 1. The maximum Gasteiger partial charge on any atom is 0.257 e. The van der Waals surface area contributed by atoms with E-state index in [4.69, 9.17) is 9.15 Å². The number of hydrogen-bond donors (Lipinski definition) is 1. The van der Waals surface area contributed by atoms with Crippen LogP contribution < -0.4 is 9.64 Å². The van der Waals surface area contributed by atoms with Gasteiger partial charge in [-0.1, -0.05) is 18.2 Å². The van der Waals surface area contributed by atoms with E-state index in [9.17, 15) is 9.90 Å². The van der Waals surface area contributed by atoms with Crippen LogP contribution in [0.15, 0.2) is 70.2 Å². The minimum absolute atomic E-state index is 0.280. The zero-order chi connectivity index (χ0) is 22.7. The molecule has 0 saturated carbocycles. The molecule has 0 bridgehead atoms. The third-order valence-corrected chi connectivity index (χ3v) is 6.91. The van der Waals surface area contributed by atoms with Gasteiger partial charge in [-0.25, -0.2) is 0 Å². The number of furan rings is 1. The van der Waals surface area contributed by atoms with Crippen molar-refractivity contribution in [3.05, 3.63) is 77.7 Å². The zero-order valence-electron chi connectivity index (χ0n) is 18.5. The highest BCUT2D eigenvalue weighted by Crippen LogP contribution is 2.46. The lowest BCUT2D eigenvalue weighted by atomic mass is 10.1. The molecular formula is C25H28N2O4S. The van der Waals surface area contributed by atoms with Crippen molar-refractivity contribution in [1.82, 2.24) is 4.90 Å². The molecule has 7 heteroatoms. The largest absolute Gasteiger partial charge is 0.497 e. The highest BCUT2D eigenvalue weighted by atomic mass is 32.2. The van der Waals surface area contributed by atoms with Crippen molar-refractivity contribution in [2.45, 2.75) is 22.7 Å². The van der Waals surface area contributed by atoms with E-state index in [-0.39, 0.29) is 5.91 Å². The summed E-state index contributed by atoms with van der Waals surface area (Å²) in [7, 11) is 5.56. The van der Waals surface area contributed by atoms with Crippen molar-refractivity contribution in [1.29, 1.82) is 0 Å². The number of benzene rings is 2. The van der Waals surface area contributed by atoms with Gasteiger partial charge in [0.1, 0.15) is 17.6 Å². The minimum atomic E-state index is -1.16. The summed E-state index contributed by atoms with van der Waals surface area (Å²) in [5.41, 5.74) is 2.81. The van der Waals surface area contributed by atoms with Gasteiger partial charge in [0, 0.05) is 24.4 Å². The molecule has 0 fully saturated rings. The first-order valence-electron chi connectivity index (χ1n) is 10.6. The van der Waals surface area contributed by atoms with Crippen LogP contribution in [0.5, 0.6) is 5.75 Å². The molecule has 4 rings (SSSR count). The van der Waals surface area contributed by atoms with E-state index in [1.807, 2.05) is 67.5 Å². The Morgan fingerprint density at radius 1 is 1.16 bits per heavy atom. The minimum Gasteiger partial charge on any atom is -0.497 e. The number of likely N-dealkylation sites (N-methyl/N-ethyl adjacent to an activating group) is 1. The zero-order valence-corrected chi connectivity index (χ0v) is 19.3. The molecule has 0 saturated heterocycles. The predicted molar refractivity (Wildman–Crippen MR) is 126 cm³/mol. The number of fused-ring (bicyclic) bond motifs is 1. The standard InChI is InChI=1S/C25H28N2O4S/c1-26(2)12-13-27-21-11-6-17(15-20-5-4-14-31-20)16-22(21)32-24(23(28)25(27)29)18-7-9-19(30-3)10-8-18/h4-11,14,16,23-24,28H,12-13,15H2,1-3H3. The van der Waals surface area contributed by atoms with Crippen LogP contribution in [0.25, 0.3) is 0 Å². The lowest BCUT2D eigenvalue weighted by molar-refractivity contribution is -0.126. The molecule has 2 aromatic carbocycles. The van der Waals surface area contributed by atoms with Crippen molar-refractivity contribution >= 4 is 23.4 Å². The number of carbonyl (C=O) groups is 1. The average molecular weight is 453 g/mol. The summed E-state index contributed by atoms with van der Waals surface area (Å²) in [5.74, 6) is 1.34. The third kappa shape index (κ3) is 4.85. The average Bonchev–Trinajstić information content (AvgIpc) is 3.27. The first-order valence-corrected chi connectivity index (χ1v) is 11.4. The topological polar surface area (TPSA) is 66.2 Å². The van der Waals surface area contributed by atoms with Crippen molar-refractivity contribution < 1.29 is 19.1 Å². The van der Waals surface area contributed by atoms with Gasteiger partial charge in [0.2, 0.25) is 0 Å². The van der Waals surface area contributed by atoms with Crippen molar-refractivity contribution in [2.24, 2.45) is 0 Å². The molecule has 0 spiro atoms. The molecule has 2 heterocycles. The lowest BCUT2D eigenvalue weighted by Gasteiger charge is -2.26. The Balaban J connectivity index is 1.72. The van der Waals surface area contributed by atoms with Gasteiger partial charge < -0.3 is 24.1 Å². The number of amides is 1. The molecule has 168 valence electrons.